The first-order chi connectivity index (χ1) is 8.35. The van der Waals surface area contributed by atoms with Crippen LogP contribution in [0.4, 0.5) is 0 Å². The van der Waals surface area contributed by atoms with Crippen molar-refractivity contribution in [3.8, 4) is 0 Å². The maximum Gasteiger partial charge on any atom is 0.209 e. The number of sulfonamides is 1. The van der Waals surface area contributed by atoms with E-state index in [1.165, 1.54) is 0 Å². The minimum absolute atomic E-state index is 0.423. The Morgan fingerprint density at radius 3 is 2.89 bits per heavy atom. The van der Waals surface area contributed by atoms with Gasteiger partial charge in [0.1, 0.15) is 0 Å². The lowest BCUT2D eigenvalue weighted by Gasteiger charge is -2.15. The number of aliphatic hydroxyl groups excluding tert-OH is 1. The van der Waals surface area contributed by atoms with Gasteiger partial charge in [-0.1, -0.05) is 0 Å². The Morgan fingerprint density at radius 1 is 1.61 bits per heavy atom. The van der Waals surface area contributed by atoms with E-state index in [9.17, 15) is 13.5 Å². The van der Waals surface area contributed by atoms with E-state index in [1.54, 1.807) is 16.8 Å². The summed E-state index contributed by atoms with van der Waals surface area (Å²) in [6.45, 7) is 3.65. The van der Waals surface area contributed by atoms with E-state index in [0.717, 1.165) is 16.8 Å². The largest absolute Gasteiger partial charge is 0.390 e. The van der Waals surface area contributed by atoms with Crippen molar-refractivity contribution in [2.45, 2.75) is 25.6 Å². The Kier molecular flexibility index (Phi) is 4.02. The Bertz CT molecular complexity index is 514. The number of aliphatic hydroxyl groups is 1. The third-order valence-electron chi connectivity index (χ3n) is 2.94. The summed E-state index contributed by atoms with van der Waals surface area (Å²) >= 11 is 1.58. The Balaban J connectivity index is 1.97. The summed E-state index contributed by atoms with van der Waals surface area (Å²) in [4.78, 5) is 7.36. The quantitative estimate of drug-likeness (QED) is 0.785. The predicted molar refractivity (Wildman–Crippen MR) is 69.9 cm³/mol. The molecule has 0 unspecified atom stereocenters. The normalized spacial score (nSPS) is 25.7. The highest BCUT2D eigenvalue weighted by Gasteiger charge is 2.33. The van der Waals surface area contributed by atoms with Crippen LogP contribution in [0.25, 0.3) is 0 Å². The summed E-state index contributed by atoms with van der Waals surface area (Å²) in [6.07, 6.45) is 0.448. The van der Waals surface area contributed by atoms with Crippen LogP contribution in [0.15, 0.2) is 5.51 Å². The molecule has 18 heavy (non-hydrogen) atoms. The highest BCUT2D eigenvalue weighted by atomic mass is 32.2. The second-order valence-electron chi connectivity index (χ2n) is 4.62. The van der Waals surface area contributed by atoms with Gasteiger partial charge in [0, 0.05) is 24.5 Å². The molecule has 0 spiro atoms. The highest BCUT2D eigenvalue weighted by Crippen LogP contribution is 2.19. The number of β-amino-alcohol motifs (C(OH)–C–C–N with tert-alkyl or cyclic N) is 1. The minimum Gasteiger partial charge on any atom is -0.390 e. The zero-order valence-corrected chi connectivity index (χ0v) is 12.0. The fourth-order valence-electron chi connectivity index (χ4n) is 2.07. The summed E-state index contributed by atoms with van der Waals surface area (Å²) < 4.78 is 24.8. The molecule has 8 heteroatoms. The van der Waals surface area contributed by atoms with E-state index in [-0.39, 0.29) is 0 Å². The number of aromatic nitrogens is 1. The molecule has 1 aliphatic heterocycles. The van der Waals surface area contributed by atoms with Crippen molar-refractivity contribution >= 4 is 21.4 Å². The van der Waals surface area contributed by atoms with Crippen molar-refractivity contribution in [1.29, 1.82) is 0 Å². The van der Waals surface area contributed by atoms with Gasteiger partial charge in [-0.15, -0.1) is 11.3 Å². The Labute approximate surface area is 111 Å². The molecule has 6 nitrogen and oxygen atoms in total. The lowest BCUT2D eigenvalue weighted by atomic mass is 10.2. The van der Waals surface area contributed by atoms with Crippen molar-refractivity contribution in [2.75, 3.05) is 19.3 Å². The maximum absolute atomic E-state index is 11.2. The van der Waals surface area contributed by atoms with Gasteiger partial charge in [-0.2, -0.15) is 0 Å². The molecule has 0 radical (unpaired) electrons. The lowest BCUT2D eigenvalue weighted by molar-refractivity contribution is 0.160. The van der Waals surface area contributed by atoms with E-state index < -0.39 is 22.2 Å². The molecular weight excluding hydrogens is 274 g/mol. The van der Waals surface area contributed by atoms with Gasteiger partial charge in [-0.25, -0.2) is 18.1 Å². The summed E-state index contributed by atoms with van der Waals surface area (Å²) in [5, 5.41) is 9.84. The highest BCUT2D eigenvalue weighted by molar-refractivity contribution is 7.88. The molecule has 0 saturated carbocycles. The molecule has 1 aromatic heterocycles. The number of nitrogens with one attached hydrogen (secondary N) is 1. The molecule has 0 amide bonds. The van der Waals surface area contributed by atoms with Gasteiger partial charge in [-0.05, 0) is 6.92 Å². The van der Waals surface area contributed by atoms with Crippen LogP contribution in [0.2, 0.25) is 0 Å². The number of nitrogens with zero attached hydrogens (tertiary/aromatic N) is 2. The molecule has 2 atom stereocenters. The van der Waals surface area contributed by atoms with Crippen molar-refractivity contribution in [3.05, 3.63) is 16.1 Å². The van der Waals surface area contributed by atoms with Crippen molar-refractivity contribution in [3.63, 3.8) is 0 Å². The van der Waals surface area contributed by atoms with Crippen LogP contribution in [0.5, 0.6) is 0 Å². The van der Waals surface area contributed by atoms with E-state index in [1.807, 2.05) is 11.8 Å². The Morgan fingerprint density at radius 2 is 2.33 bits per heavy atom. The maximum atomic E-state index is 11.2. The molecule has 1 fully saturated rings. The van der Waals surface area contributed by atoms with Crippen molar-refractivity contribution in [1.82, 2.24) is 14.6 Å². The fourth-order valence-corrected chi connectivity index (χ4v) is 3.67. The summed E-state index contributed by atoms with van der Waals surface area (Å²) in [5.41, 5.74) is 2.79. The minimum atomic E-state index is -3.28. The first-order valence-electron chi connectivity index (χ1n) is 5.62. The van der Waals surface area contributed by atoms with Crippen LogP contribution in [0.1, 0.15) is 10.6 Å². The van der Waals surface area contributed by atoms with E-state index in [0.29, 0.717) is 19.6 Å². The first kappa shape index (κ1) is 13.9. The van der Waals surface area contributed by atoms with Crippen molar-refractivity contribution < 1.29 is 13.5 Å². The van der Waals surface area contributed by atoms with Crippen LogP contribution in [-0.4, -0.2) is 54.9 Å². The number of aryl methyl sites for hydroxylation is 1. The van der Waals surface area contributed by atoms with Gasteiger partial charge in [0.2, 0.25) is 10.0 Å². The number of thiazole rings is 1. The van der Waals surface area contributed by atoms with Gasteiger partial charge in [0.25, 0.3) is 0 Å². The molecule has 0 aromatic carbocycles. The smallest absolute Gasteiger partial charge is 0.209 e. The number of hydrogen-bond acceptors (Lipinski definition) is 6. The summed E-state index contributed by atoms with van der Waals surface area (Å²) in [5.74, 6) is 0. The lowest BCUT2D eigenvalue weighted by Crippen LogP contribution is -2.42. The van der Waals surface area contributed by atoms with Gasteiger partial charge in [0.15, 0.2) is 0 Å². The standard InChI is InChI=1S/C10H17N3O3S2/c1-7-10(17-6-11-7)5-13-3-8(9(14)4-13)12-18(2,15)16/h6,8-9,12,14H,3-5H2,1-2H3/t8-,9-/m1/s1. The van der Waals surface area contributed by atoms with E-state index in [2.05, 4.69) is 9.71 Å². The van der Waals surface area contributed by atoms with Gasteiger partial charge < -0.3 is 5.11 Å². The van der Waals surface area contributed by atoms with Gasteiger partial charge in [-0.3, -0.25) is 4.90 Å². The van der Waals surface area contributed by atoms with Crippen molar-refractivity contribution in [2.24, 2.45) is 0 Å². The predicted octanol–water partition coefficient (Wildman–Crippen LogP) is -0.454. The SMILES string of the molecule is Cc1ncsc1CN1C[C@@H](O)[C@H](NS(C)(=O)=O)C1. The zero-order valence-electron chi connectivity index (χ0n) is 10.3. The molecular formula is C10H17N3O3S2. The number of rotatable bonds is 4. The molecule has 1 aromatic rings. The molecule has 2 heterocycles. The first-order valence-corrected chi connectivity index (χ1v) is 8.39. The van der Waals surface area contributed by atoms with Crippen LogP contribution >= 0.6 is 11.3 Å². The van der Waals surface area contributed by atoms with Crippen LogP contribution in [-0.2, 0) is 16.6 Å². The number of hydrogen-bond donors (Lipinski definition) is 2. The van der Waals surface area contributed by atoms with Gasteiger partial charge in [0.05, 0.1) is 29.6 Å². The monoisotopic (exact) mass is 291 g/mol. The molecule has 0 bridgehead atoms. The molecule has 102 valence electrons. The third kappa shape index (κ3) is 3.48. The topological polar surface area (TPSA) is 82.5 Å². The molecule has 1 saturated heterocycles. The van der Waals surface area contributed by atoms with Crippen LogP contribution in [0.3, 0.4) is 0 Å². The van der Waals surface area contributed by atoms with E-state index in [4.69, 9.17) is 0 Å². The molecule has 2 N–H and O–H groups in total. The van der Waals surface area contributed by atoms with Crippen LogP contribution in [0, 0.1) is 6.92 Å². The average molecular weight is 291 g/mol. The van der Waals surface area contributed by atoms with Gasteiger partial charge >= 0.3 is 0 Å². The van der Waals surface area contributed by atoms with Crippen LogP contribution < -0.4 is 4.72 Å². The fraction of sp³-hybridized carbons (Fsp3) is 0.700. The Hall–Kier alpha value is -0.540. The summed E-state index contributed by atoms with van der Waals surface area (Å²) in [7, 11) is -3.28. The average Bonchev–Trinajstić information content (AvgIpc) is 2.74. The molecule has 2 rings (SSSR count). The second-order valence-corrected chi connectivity index (χ2v) is 7.34. The molecule has 0 aliphatic carbocycles. The van der Waals surface area contributed by atoms with E-state index >= 15 is 0 Å². The summed E-state index contributed by atoms with van der Waals surface area (Å²) in [6, 6.07) is -0.423. The zero-order chi connectivity index (χ0) is 13.3. The third-order valence-corrected chi connectivity index (χ3v) is 4.59. The molecule has 1 aliphatic rings. The second kappa shape index (κ2) is 5.22. The number of likely N-dealkylation sites (tertiary alicyclic amines) is 1.